The van der Waals surface area contributed by atoms with E-state index in [4.69, 9.17) is 17.0 Å². The third-order valence-corrected chi connectivity index (χ3v) is 4.15. The summed E-state index contributed by atoms with van der Waals surface area (Å²) in [6.07, 6.45) is 3.49. The number of hydrogen-bond acceptors (Lipinski definition) is 6. The summed E-state index contributed by atoms with van der Waals surface area (Å²) < 4.78 is 5.36. The lowest BCUT2D eigenvalue weighted by Gasteiger charge is -2.15. The van der Waals surface area contributed by atoms with Crippen molar-refractivity contribution < 1.29 is 4.74 Å². The second-order valence-electron chi connectivity index (χ2n) is 6.40. The largest absolute Gasteiger partial charge is 0.495 e. The van der Waals surface area contributed by atoms with Gasteiger partial charge < -0.3 is 15.4 Å². The monoisotopic (exact) mass is 421 g/mol. The minimum atomic E-state index is 0.348. The van der Waals surface area contributed by atoms with Crippen molar-refractivity contribution in [2.24, 2.45) is 4.99 Å². The Labute approximate surface area is 180 Å². The van der Waals surface area contributed by atoms with Crippen LogP contribution < -0.4 is 20.7 Å². The van der Waals surface area contributed by atoms with Crippen molar-refractivity contribution in [3.63, 3.8) is 0 Å². The molecule has 0 atom stereocenters. The molecule has 9 heteroatoms. The molecule has 2 heterocycles. The molecule has 3 rings (SSSR count). The molecule has 0 saturated carbocycles. The van der Waals surface area contributed by atoms with Gasteiger partial charge in [-0.25, -0.2) is 15.0 Å². The number of nitrogens with zero attached hydrogens (tertiary/aromatic N) is 4. The van der Waals surface area contributed by atoms with Crippen LogP contribution in [0, 0.1) is 13.8 Å². The quantitative estimate of drug-likeness (QED) is 0.327. The third kappa shape index (κ3) is 6.21. The van der Waals surface area contributed by atoms with E-state index in [1.54, 1.807) is 19.5 Å². The molecule has 0 radical (unpaired) electrons. The Morgan fingerprint density at radius 3 is 2.53 bits per heavy atom. The van der Waals surface area contributed by atoms with E-state index in [2.05, 4.69) is 35.9 Å². The van der Waals surface area contributed by atoms with Crippen molar-refractivity contribution >= 4 is 34.9 Å². The van der Waals surface area contributed by atoms with Crippen LogP contribution in [0.3, 0.4) is 0 Å². The van der Waals surface area contributed by atoms with E-state index < -0.39 is 0 Å². The molecular weight excluding hydrogens is 398 g/mol. The van der Waals surface area contributed by atoms with Crippen LogP contribution in [0.25, 0.3) is 0 Å². The average molecular weight is 422 g/mol. The van der Waals surface area contributed by atoms with Crippen molar-refractivity contribution in [3.05, 3.63) is 71.8 Å². The van der Waals surface area contributed by atoms with Crippen LogP contribution in [-0.2, 0) is 6.54 Å². The first-order chi connectivity index (χ1) is 14.5. The second-order valence-corrected chi connectivity index (χ2v) is 6.81. The fourth-order valence-corrected chi connectivity index (χ4v) is 2.88. The number of aromatic nitrogens is 3. The summed E-state index contributed by atoms with van der Waals surface area (Å²) in [6, 6.07) is 13.2. The SMILES string of the molecule is COc1ccccc1NC(=S)NC(=NCc1cccnc1)Nc1nc(C)cc(C)n1. The standard InChI is InChI=1S/C21H23N7OS/c1-14-11-15(2)25-20(24-14)27-19(23-13-16-7-6-10-22-12-16)28-21(30)26-17-8-4-5-9-18(17)29-3/h4-12H,13H2,1-3H3,(H3,23,24,25,26,27,28,30). The molecule has 0 aliphatic heterocycles. The van der Waals surface area contributed by atoms with Crippen LogP contribution in [0.1, 0.15) is 17.0 Å². The van der Waals surface area contributed by atoms with Gasteiger partial charge in [-0.3, -0.25) is 10.3 Å². The van der Waals surface area contributed by atoms with Gasteiger partial charge in [0.1, 0.15) is 5.75 Å². The summed E-state index contributed by atoms with van der Waals surface area (Å²) in [6.45, 7) is 4.23. The van der Waals surface area contributed by atoms with E-state index >= 15 is 0 Å². The van der Waals surface area contributed by atoms with E-state index in [-0.39, 0.29) is 0 Å². The van der Waals surface area contributed by atoms with Crippen LogP contribution >= 0.6 is 12.2 Å². The maximum atomic E-state index is 5.47. The smallest absolute Gasteiger partial charge is 0.229 e. The number of ether oxygens (including phenoxy) is 1. The van der Waals surface area contributed by atoms with Gasteiger partial charge in [0.25, 0.3) is 0 Å². The third-order valence-electron chi connectivity index (χ3n) is 3.94. The van der Waals surface area contributed by atoms with Gasteiger partial charge in [-0.05, 0) is 55.9 Å². The fourth-order valence-electron chi connectivity index (χ4n) is 2.67. The minimum absolute atomic E-state index is 0.348. The lowest BCUT2D eigenvalue weighted by atomic mass is 10.3. The Morgan fingerprint density at radius 1 is 1.07 bits per heavy atom. The van der Waals surface area contributed by atoms with Gasteiger partial charge in [-0.15, -0.1) is 0 Å². The molecule has 0 bridgehead atoms. The van der Waals surface area contributed by atoms with Gasteiger partial charge in [0.05, 0.1) is 19.3 Å². The lowest BCUT2D eigenvalue weighted by molar-refractivity contribution is 0.417. The molecule has 30 heavy (non-hydrogen) atoms. The first-order valence-corrected chi connectivity index (χ1v) is 9.68. The zero-order valence-corrected chi connectivity index (χ0v) is 17.8. The highest BCUT2D eigenvalue weighted by Crippen LogP contribution is 2.22. The predicted octanol–water partition coefficient (Wildman–Crippen LogP) is 3.45. The van der Waals surface area contributed by atoms with Gasteiger partial charge in [-0.2, -0.15) is 0 Å². The zero-order chi connectivity index (χ0) is 21.3. The fraction of sp³-hybridized carbons (Fsp3) is 0.190. The van der Waals surface area contributed by atoms with Crippen LogP contribution in [-0.4, -0.2) is 33.1 Å². The molecular formula is C21H23N7OS. The predicted molar refractivity (Wildman–Crippen MR) is 123 cm³/mol. The Kier molecular flexibility index (Phi) is 7.23. The maximum Gasteiger partial charge on any atom is 0.229 e. The molecule has 0 spiro atoms. The van der Waals surface area contributed by atoms with Crippen LogP contribution in [0.5, 0.6) is 5.75 Å². The molecule has 3 N–H and O–H groups in total. The van der Waals surface area contributed by atoms with Gasteiger partial charge >= 0.3 is 0 Å². The van der Waals surface area contributed by atoms with Gasteiger partial charge in [-0.1, -0.05) is 18.2 Å². The first-order valence-electron chi connectivity index (χ1n) is 9.27. The lowest BCUT2D eigenvalue weighted by Crippen LogP contribution is -2.39. The highest BCUT2D eigenvalue weighted by atomic mass is 32.1. The summed E-state index contributed by atoms with van der Waals surface area (Å²) in [5, 5.41) is 9.66. The number of methoxy groups -OCH3 is 1. The number of pyridine rings is 1. The van der Waals surface area contributed by atoms with Gasteiger partial charge in [0.2, 0.25) is 11.9 Å². The first kappa shape index (κ1) is 21.1. The highest BCUT2D eigenvalue weighted by Gasteiger charge is 2.09. The number of aryl methyl sites for hydroxylation is 2. The molecule has 0 amide bonds. The number of guanidine groups is 1. The van der Waals surface area contributed by atoms with E-state index in [1.165, 1.54) is 0 Å². The van der Waals surface area contributed by atoms with E-state index in [9.17, 15) is 0 Å². The molecule has 8 nitrogen and oxygen atoms in total. The molecule has 0 saturated heterocycles. The topological polar surface area (TPSA) is 96.3 Å². The summed E-state index contributed by atoms with van der Waals surface area (Å²) in [4.78, 5) is 17.5. The summed E-state index contributed by atoms with van der Waals surface area (Å²) >= 11 is 5.47. The molecule has 0 fully saturated rings. The summed E-state index contributed by atoms with van der Waals surface area (Å²) in [7, 11) is 1.61. The molecule has 154 valence electrons. The molecule has 3 aromatic rings. The van der Waals surface area contributed by atoms with Crippen molar-refractivity contribution in [2.75, 3.05) is 17.7 Å². The second kappa shape index (κ2) is 10.3. The zero-order valence-electron chi connectivity index (χ0n) is 17.0. The number of rotatable bonds is 5. The van der Waals surface area contributed by atoms with Gasteiger partial charge in [0.15, 0.2) is 5.11 Å². The van der Waals surface area contributed by atoms with Crippen molar-refractivity contribution in [3.8, 4) is 5.75 Å². The van der Waals surface area contributed by atoms with Crippen molar-refractivity contribution in [1.82, 2.24) is 20.3 Å². The molecule has 2 aromatic heterocycles. The Morgan fingerprint density at radius 2 is 1.83 bits per heavy atom. The molecule has 0 aliphatic carbocycles. The molecule has 0 aliphatic rings. The Balaban J connectivity index is 1.78. The molecule has 1 aromatic carbocycles. The Bertz CT molecular complexity index is 1020. The van der Waals surface area contributed by atoms with Crippen LogP contribution in [0.2, 0.25) is 0 Å². The number of thiocarbonyl (C=S) groups is 1. The highest BCUT2D eigenvalue weighted by molar-refractivity contribution is 7.80. The number of anilines is 2. The average Bonchev–Trinajstić information content (AvgIpc) is 2.72. The van der Waals surface area contributed by atoms with Crippen molar-refractivity contribution in [1.29, 1.82) is 0 Å². The number of hydrogen-bond donors (Lipinski definition) is 3. The van der Waals surface area contributed by atoms with Crippen LogP contribution in [0.4, 0.5) is 11.6 Å². The number of benzene rings is 1. The summed E-state index contributed by atoms with van der Waals surface area (Å²) in [5.41, 5.74) is 3.41. The normalized spacial score (nSPS) is 11.0. The van der Waals surface area contributed by atoms with E-state index in [0.29, 0.717) is 29.3 Å². The minimum Gasteiger partial charge on any atom is -0.495 e. The number of nitrogens with one attached hydrogen (secondary N) is 3. The van der Waals surface area contributed by atoms with E-state index in [1.807, 2.05) is 56.3 Å². The Hall–Kier alpha value is -3.59. The van der Waals surface area contributed by atoms with Crippen molar-refractivity contribution in [2.45, 2.75) is 20.4 Å². The number of para-hydroxylation sites is 2. The van der Waals surface area contributed by atoms with E-state index in [0.717, 1.165) is 22.6 Å². The molecule has 0 unspecified atom stereocenters. The van der Waals surface area contributed by atoms with Gasteiger partial charge in [0, 0.05) is 23.8 Å². The number of aliphatic imine (C=N–C) groups is 1. The maximum absolute atomic E-state index is 5.47. The van der Waals surface area contributed by atoms with Crippen LogP contribution in [0.15, 0.2) is 59.9 Å². The summed E-state index contributed by atoms with van der Waals surface area (Å²) in [5.74, 6) is 1.53.